The van der Waals surface area contributed by atoms with Crippen molar-refractivity contribution in [3.8, 4) is 16.9 Å². The summed E-state index contributed by atoms with van der Waals surface area (Å²) in [4.78, 5) is 2.74. The lowest BCUT2D eigenvalue weighted by atomic mass is 9.95. The molecule has 150 valence electrons. The second kappa shape index (κ2) is 6.71. The summed E-state index contributed by atoms with van der Waals surface area (Å²) < 4.78 is 33.4. The van der Waals surface area contributed by atoms with Crippen LogP contribution in [0.25, 0.3) is 11.1 Å². The lowest BCUT2D eigenvalue weighted by Crippen LogP contribution is -2.25. The fourth-order valence-electron chi connectivity index (χ4n) is 4.63. The van der Waals surface area contributed by atoms with Crippen LogP contribution in [0.1, 0.15) is 17.0 Å². The SMILES string of the molecule is COc1cccc(CN2C[C@H]3c4cc(-c5cnn(C)c5)ccc4S(=O)(=O)[C@H]3C2)c1. The van der Waals surface area contributed by atoms with Gasteiger partial charge in [-0.2, -0.15) is 5.10 Å². The Morgan fingerprint density at radius 1 is 1.14 bits per heavy atom. The molecular formula is C22H23N3O3S. The van der Waals surface area contributed by atoms with E-state index >= 15 is 0 Å². The second-order valence-corrected chi connectivity index (χ2v) is 10.0. The van der Waals surface area contributed by atoms with Gasteiger partial charge in [-0.15, -0.1) is 0 Å². The Hall–Kier alpha value is -2.64. The van der Waals surface area contributed by atoms with Gasteiger partial charge in [0.25, 0.3) is 0 Å². The summed E-state index contributed by atoms with van der Waals surface area (Å²) in [6, 6.07) is 13.7. The van der Waals surface area contributed by atoms with Crippen molar-refractivity contribution in [1.29, 1.82) is 0 Å². The van der Waals surface area contributed by atoms with Crippen LogP contribution in [0.15, 0.2) is 59.8 Å². The number of aryl methyl sites for hydroxylation is 1. The molecule has 29 heavy (non-hydrogen) atoms. The summed E-state index contributed by atoms with van der Waals surface area (Å²) in [6.45, 7) is 2.02. The first-order valence-electron chi connectivity index (χ1n) is 9.68. The van der Waals surface area contributed by atoms with E-state index in [1.54, 1.807) is 17.9 Å². The highest BCUT2D eigenvalue weighted by molar-refractivity contribution is 7.92. The fraction of sp³-hybridized carbons (Fsp3) is 0.318. The van der Waals surface area contributed by atoms with Gasteiger partial charge in [-0.25, -0.2) is 8.42 Å². The quantitative estimate of drug-likeness (QED) is 0.663. The molecule has 3 aromatic rings. The molecule has 6 nitrogen and oxygen atoms in total. The van der Waals surface area contributed by atoms with Crippen LogP contribution in [0.4, 0.5) is 0 Å². The smallest absolute Gasteiger partial charge is 0.183 e. The van der Waals surface area contributed by atoms with Crippen LogP contribution >= 0.6 is 0 Å². The number of ether oxygens (including phenoxy) is 1. The Morgan fingerprint density at radius 2 is 2.00 bits per heavy atom. The van der Waals surface area contributed by atoms with Gasteiger partial charge in [-0.05, 0) is 41.0 Å². The molecule has 7 heteroatoms. The minimum Gasteiger partial charge on any atom is -0.497 e. The Kier molecular flexibility index (Phi) is 4.26. The maximum absolute atomic E-state index is 13.2. The second-order valence-electron chi connectivity index (χ2n) is 7.89. The summed E-state index contributed by atoms with van der Waals surface area (Å²) >= 11 is 0. The number of aromatic nitrogens is 2. The van der Waals surface area contributed by atoms with Crippen molar-refractivity contribution in [3.05, 3.63) is 66.0 Å². The van der Waals surface area contributed by atoms with E-state index in [1.807, 2.05) is 49.8 Å². The van der Waals surface area contributed by atoms with E-state index in [2.05, 4.69) is 16.1 Å². The Balaban J connectivity index is 1.45. The van der Waals surface area contributed by atoms with Gasteiger partial charge >= 0.3 is 0 Å². The molecule has 0 amide bonds. The molecule has 0 bridgehead atoms. The monoisotopic (exact) mass is 409 g/mol. The minimum atomic E-state index is -3.30. The molecule has 1 aromatic heterocycles. The van der Waals surface area contributed by atoms with Crippen molar-refractivity contribution in [2.24, 2.45) is 7.05 Å². The predicted molar refractivity (Wildman–Crippen MR) is 111 cm³/mol. The van der Waals surface area contributed by atoms with Gasteiger partial charge in [0.2, 0.25) is 0 Å². The zero-order valence-corrected chi connectivity index (χ0v) is 17.3. The van der Waals surface area contributed by atoms with Crippen molar-refractivity contribution in [3.63, 3.8) is 0 Å². The lowest BCUT2D eigenvalue weighted by Gasteiger charge is -2.18. The molecule has 2 aromatic carbocycles. The van der Waals surface area contributed by atoms with Gasteiger partial charge in [-0.1, -0.05) is 18.2 Å². The van der Waals surface area contributed by atoms with Gasteiger partial charge in [0, 0.05) is 44.4 Å². The van der Waals surface area contributed by atoms with Gasteiger partial charge in [0.15, 0.2) is 9.84 Å². The van der Waals surface area contributed by atoms with E-state index in [0.29, 0.717) is 11.4 Å². The van der Waals surface area contributed by atoms with Crippen molar-refractivity contribution in [2.45, 2.75) is 22.6 Å². The van der Waals surface area contributed by atoms with E-state index in [0.717, 1.165) is 41.1 Å². The number of benzene rings is 2. The van der Waals surface area contributed by atoms with Crippen LogP contribution in [-0.4, -0.2) is 48.5 Å². The number of hydrogen-bond acceptors (Lipinski definition) is 5. The van der Waals surface area contributed by atoms with E-state index in [9.17, 15) is 8.42 Å². The third-order valence-corrected chi connectivity index (χ3v) is 8.29. The van der Waals surface area contributed by atoms with Crippen LogP contribution in [0, 0.1) is 0 Å². The number of fused-ring (bicyclic) bond motifs is 3. The normalized spacial score (nSPS) is 22.4. The zero-order chi connectivity index (χ0) is 20.2. The molecule has 0 N–H and O–H groups in total. The highest BCUT2D eigenvalue weighted by Crippen LogP contribution is 2.46. The molecule has 5 rings (SSSR count). The summed E-state index contributed by atoms with van der Waals surface area (Å²) in [6.07, 6.45) is 3.76. The van der Waals surface area contributed by atoms with Crippen molar-refractivity contribution < 1.29 is 13.2 Å². The molecule has 1 saturated heterocycles. The predicted octanol–water partition coefficient (Wildman–Crippen LogP) is 2.85. The molecule has 0 spiro atoms. The van der Waals surface area contributed by atoms with Crippen LogP contribution < -0.4 is 4.74 Å². The summed E-state index contributed by atoms with van der Waals surface area (Å²) in [7, 11) is 0.233. The number of likely N-dealkylation sites (tertiary alicyclic amines) is 1. The average Bonchev–Trinajstić information content (AvgIpc) is 3.38. The van der Waals surface area contributed by atoms with Crippen LogP contribution in [-0.2, 0) is 23.4 Å². The molecule has 0 radical (unpaired) electrons. The van der Waals surface area contributed by atoms with Gasteiger partial charge < -0.3 is 4.74 Å². The molecule has 1 fully saturated rings. The molecular weight excluding hydrogens is 386 g/mol. The lowest BCUT2D eigenvalue weighted by molar-refractivity contribution is 0.324. The number of hydrogen-bond donors (Lipinski definition) is 0. The van der Waals surface area contributed by atoms with Crippen molar-refractivity contribution >= 4 is 9.84 Å². The average molecular weight is 410 g/mol. The number of methoxy groups -OCH3 is 1. The molecule has 0 unspecified atom stereocenters. The largest absolute Gasteiger partial charge is 0.497 e. The Morgan fingerprint density at radius 3 is 2.76 bits per heavy atom. The van der Waals surface area contributed by atoms with Crippen LogP contribution in [0.3, 0.4) is 0 Å². The fourth-order valence-corrected chi connectivity index (χ4v) is 6.83. The maximum Gasteiger partial charge on any atom is 0.183 e. The van der Waals surface area contributed by atoms with Gasteiger partial charge in [-0.3, -0.25) is 9.58 Å². The Bertz CT molecular complexity index is 1190. The number of sulfone groups is 1. The van der Waals surface area contributed by atoms with Crippen molar-refractivity contribution in [2.75, 3.05) is 20.2 Å². The van der Waals surface area contributed by atoms with E-state index in [4.69, 9.17) is 4.74 Å². The molecule has 2 aliphatic heterocycles. The number of nitrogens with zero attached hydrogens (tertiary/aromatic N) is 3. The first kappa shape index (κ1) is 18.4. The molecule has 2 atom stereocenters. The third kappa shape index (κ3) is 3.05. The van der Waals surface area contributed by atoms with Gasteiger partial charge in [0.1, 0.15) is 5.75 Å². The summed E-state index contributed by atoms with van der Waals surface area (Å²) in [5, 5.41) is 3.87. The van der Waals surface area contributed by atoms with Gasteiger partial charge in [0.05, 0.1) is 23.5 Å². The molecule has 2 aliphatic rings. The summed E-state index contributed by atoms with van der Waals surface area (Å²) in [5.74, 6) is 0.832. The minimum absolute atomic E-state index is 0.0113. The first-order chi connectivity index (χ1) is 14.0. The van der Waals surface area contributed by atoms with E-state index in [-0.39, 0.29) is 11.2 Å². The van der Waals surface area contributed by atoms with E-state index < -0.39 is 9.84 Å². The highest BCUT2D eigenvalue weighted by Gasteiger charge is 2.50. The van der Waals surface area contributed by atoms with Crippen molar-refractivity contribution in [1.82, 2.24) is 14.7 Å². The Labute approximate surface area is 170 Å². The topological polar surface area (TPSA) is 64.4 Å². The van der Waals surface area contributed by atoms with Crippen LogP contribution in [0.2, 0.25) is 0 Å². The molecule has 0 aliphatic carbocycles. The highest BCUT2D eigenvalue weighted by atomic mass is 32.2. The standard InChI is InChI=1S/C22H23N3O3S/c1-24-12-17(10-23-24)16-6-7-21-19(9-16)20-13-25(14-22(20)29(21,26)27)11-15-4-3-5-18(8-15)28-2/h3-10,12,20,22H,11,13-14H2,1-2H3/t20-,22-/m0/s1. The summed E-state index contributed by atoms with van der Waals surface area (Å²) in [5.41, 5.74) is 4.09. The van der Waals surface area contributed by atoms with Crippen LogP contribution in [0.5, 0.6) is 5.75 Å². The maximum atomic E-state index is 13.2. The zero-order valence-electron chi connectivity index (χ0n) is 16.4. The van der Waals surface area contributed by atoms with E-state index in [1.165, 1.54) is 0 Å². The third-order valence-electron chi connectivity index (χ3n) is 6.03. The molecule has 0 saturated carbocycles. The molecule has 3 heterocycles. The number of rotatable bonds is 4. The first-order valence-corrected chi connectivity index (χ1v) is 11.2.